The van der Waals surface area contributed by atoms with Crippen LogP contribution in [0.4, 0.5) is 34.4 Å². The van der Waals surface area contributed by atoms with Crippen molar-refractivity contribution in [3.8, 4) is 22.3 Å². The second-order valence-corrected chi connectivity index (χ2v) is 23.3. The van der Waals surface area contributed by atoms with E-state index in [4.69, 9.17) is 9.97 Å². The number of pyridine rings is 2. The van der Waals surface area contributed by atoms with Gasteiger partial charge in [0.25, 0.3) is 0 Å². The zero-order valence-corrected chi connectivity index (χ0v) is 44.6. The largest absolute Gasteiger partial charge is 0.295 e. The van der Waals surface area contributed by atoms with Gasteiger partial charge in [0.2, 0.25) is 0 Å². The molecule has 0 N–H and O–H groups in total. The minimum absolute atomic E-state index is 0.0762. The predicted octanol–water partition coefficient (Wildman–Crippen LogP) is 19.0. The van der Waals surface area contributed by atoms with Gasteiger partial charge in [0, 0.05) is 46.0 Å². The normalized spacial score (nSPS) is 14.2. The van der Waals surface area contributed by atoms with Crippen LogP contribution in [0.3, 0.4) is 0 Å². The number of hydrogen-bond donors (Lipinski definition) is 0. The molecule has 4 nitrogen and oxygen atoms in total. The van der Waals surface area contributed by atoms with Crippen LogP contribution in [0.2, 0.25) is 0 Å². The molecule has 11 rings (SSSR count). The summed E-state index contributed by atoms with van der Waals surface area (Å²) in [4.78, 5) is 14.2. The zero-order valence-electron chi connectivity index (χ0n) is 44.6. The molecule has 2 heterocycles. The monoisotopic (exact) mass is 963 g/mol. The van der Waals surface area contributed by atoms with Crippen LogP contribution < -0.4 is 9.80 Å². The van der Waals surface area contributed by atoms with Gasteiger partial charge in [-0.05, 0) is 162 Å². The van der Waals surface area contributed by atoms with Crippen molar-refractivity contribution in [2.75, 3.05) is 9.80 Å². The van der Waals surface area contributed by atoms with Crippen molar-refractivity contribution in [1.29, 1.82) is 0 Å². The van der Waals surface area contributed by atoms with Crippen molar-refractivity contribution in [3.05, 3.63) is 250 Å². The third kappa shape index (κ3) is 8.97. The van der Waals surface area contributed by atoms with E-state index in [2.05, 4.69) is 273 Å². The smallest absolute Gasteiger partial charge is 0.137 e. The predicted molar refractivity (Wildman–Crippen MR) is 315 cm³/mol. The van der Waals surface area contributed by atoms with Crippen LogP contribution >= 0.6 is 0 Å². The quantitative estimate of drug-likeness (QED) is 0.128. The standard InChI is InChI=1S/C70H66N4/c1-67(2,3)51-27-31-53(32-28-51)73(65-15-11-13-41-71-65)55-35-39-59-57-37-25-49(43-61(57)69(7,8)63(59)45-55)23-21-47-17-19-48(20-18-47)22-24-50-26-38-58-60-40-36-56(46-64(60)70(9,10)62(58)44-50)74(66-16-12-14-42-72-66)54-33-29-52(30-34-54)68(4,5)6/h11-46H,1-10H3. The van der Waals surface area contributed by atoms with Crippen molar-refractivity contribution in [1.82, 2.24) is 9.97 Å². The Morgan fingerprint density at radius 3 is 0.986 bits per heavy atom. The number of nitrogens with zero attached hydrogens (tertiary/aromatic N) is 4. The van der Waals surface area contributed by atoms with Crippen LogP contribution in [0.5, 0.6) is 0 Å². The lowest BCUT2D eigenvalue weighted by Crippen LogP contribution is -2.17. The molecule has 0 saturated heterocycles. The van der Waals surface area contributed by atoms with Crippen LogP contribution in [0.25, 0.3) is 46.6 Å². The summed E-state index contributed by atoms with van der Waals surface area (Å²) in [5.41, 5.74) is 22.0. The van der Waals surface area contributed by atoms with Crippen LogP contribution in [0.1, 0.15) is 125 Å². The van der Waals surface area contributed by atoms with Crippen molar-refractivity contribution >= 4 is 58.7 Å². The van der Waals surface area contributed by atoms with Gasteiger partial charge in [-0.25, -0.2) is 9.97 Å². The molecule has 0 bridgehead atoms. The summed E-state index contributed by atoms with van der Waals surface area (Å²) in [6, 6.07) is 66.7. The number of anilines is 6. The maximum Gasteiger partial charge on any atom is 0.137 e. The molecule has 7 aromatic carbocycles. The molecular formula is C70H66N4. The highest BCUT2D eigenvalue weighted by Crippen LogP contribution is 2.53. The Bertz CT molecular complexity index is 3350. The van der Waals surface area contributed by atoms with E-state index in [9.17, 15) is 0 Å². The van der Waals surface area contributed by atoms with Gasteiger partial charge in [-0.1, -0.05) is 203 Å². The van der Waals surface area contributed by atoms with Crippen LogP contribution in [-0.2, 0) is 21.7 Å². The molecule has 0 amide bonds. The van der Waals surface area contributed by atoms with Crippen LogP contribution in [0.15, 0.2) is 194 Å². The minimum atomic E-state index is -0.186. The molecule has 0 fully saturated rings. The van der Waals surface area contributed by atoms with Gasteiger partial charge in [-0.15, -0.1) is 0 Å². The lowest BCUT2D eigenvalue weighted by Gasteiger charge is -2.28. The average Bonchev–Trinajstić information content (AvgIpc) is 3.81. The number of fused-ring (bicyclic) bond motifs is 6. The van der Waals surface area contributed by atoms with Gasteiger partial charge in [-0.3, -0.25) is 9.80 Å². The first kappa shape index (κ1) is 48.2. The number of rotatable bonds is 10. The Morgan fingerprint density at radius 2 is 0.649 bits per heavy atom. The van der Waals surface area contributed by atoms with E-state index < -0.39 is 0 Å². The molecule has 74 heavy (non-hydrogen) atoms. The van der Waals surface area contributed by atoms with E-state index in [1.165, 1.54) is 77.9 Å². The summed E-state index contributed by atoms with van der Waals surface area (Å²) in [7, 11) is 0. The summed E-state index contributed by atoms with van der Waals surface area (Å²) in [5, 5.41) is 0. The highest BCUT2D eigenvalue weighted by molar-refractivity contribution is 5.88. The lowest BCUT2D eigenvalue weighted by molar-refractivity contribution is 0.590. The number of hydrogen-bond acceptors (Lipinski definition) is 4. The lowest BCUT2D eigenvalue weighted by atomic mass is 9.81. The van der Waals surface area contributed by atoms with Crippen molar-refractivity contribution < 1.29 is 0 Å². The van der Waals surface area contributed by atoms with Gasteiger partial charge in [0.15, 0.2) is 0 Å². The first-order valence-corrected chi connectivity index (χ1v) is 26.1. The van der Waals surface area contributed by atoms with E-state index in [-0.39, 0.29) is 21.7 Å². The molecule has 0 unspecified atom stereocenters. The zero-order chi connectivity index (χ0) is 51.6. The SMILES string of the molecule is CC(C)(C)c1ccc(N(c2ccc3c(c2)C(C)(C)c2cc(C=Cc4ccc(C=Cc5ccc6c(c5)C(C)(C)c5cc(N(c7ccc(C(C)(C)C)cc7)c7ccccn7)ccc5-6)cc4)ccc2-3)c2ccccn2)cc1. The Balaban J connectivity index is 0.792. The molecule has 2 aliphatic carbocycles. The van der Waals surface area contributed by atoms with E-state index >= 15 is 0 Å². The van der Waals surface area contributed by atoms with Crippen LogP contribution in [0, 0.1) is 0 Å². The highest BCUT2D eigenvalue weighted by Gasteiger charge is 2.38. The minimum Gasteiger partial charge on any atom is -0.295 e. The molecule has 0 radical (unpaired) electrons. The molecule has 2 aromatic heterocycles. The first-order valence-electron chi connectivity index (χ1n) is 26.1. The van der Waals surface area contributed by atoms with Crippen LogP contribution in [-0.4, -0.2) is 9.97 Å². The molecular weight excluding hydrogens is 897 g/mol. The molecule has 366 valence electrons. The Hall–Kier alpha value is -8.08. The maximum absolute atomic E-state index is 4.81. The van der Waals surface area contributed by atoms with E-state index in [0.29, 0.717) is 0 Å². The molecule has 9 aromatic rings. The Kier molecular flexibility index (Phi) is 12.0. The van der Waals surface area contributed by atoms with Gasteiger partial charge in [0.05, 0.1) is 0 Å². The molecule has 0 spiro atoms. The molecule has 0 atom stereocenters. The Labute approximate surface area is 439 Å². The topological polar surface area (TPSA) is 32.3 Å². The summed E-state index contributed by atoms with van der Waals surface area (Å²) < 4.78 is 0. The van der Waals surface area contributed by atoms with E-state index in [1.807, 2.05) is 24.5 Å². The fourth-order valence-corrected chi connectivity index (χ4v) is 11.1. The first-order chi connectivity index (χ1) is 35.4. The van der Waals surface area contributed by atoms with Crippen molar-refractivity contribution in [3.63, 3.8) is 0 Å². The second kappa shape index (κ2) is 18.4. The third-order valence-electron chi connectivity index (χ3n) is 15.5. The maximum atomic E-state index is 4.81. The Morgan fingerprint density at radius 1 is 0.338 bits per heavy atom. The van der Waals surface area contributed by atoms with Gasteiger partial charge in [0.1, 0.15) is 11.6 Å². The molecule has 2 aliphatic rings. The summed E-state index contributed by atoms with van der Waals surface area (Å²) >= 11 is 0. The molecule has 4 heteroatoms. The summed E-state index contributed by atoms with van der Waals surface area (Å²) in [6.07, 6.45) is 12.7. The van der Waals surface area contributed by atoms with E-state index in [0.717, 1.165) is 34.4 Å². The fraction of sp³-hybridized carbons (Fsp3) is 0.200. The summed E-state index contributed by atoms with van der Waals surface area (Å²) in [6.45, 7) is 23.0. The van der Waals surface area contributed by atoms with Crippen molar-refractivity contribution in [2.24, 2.45) is 0 Å². The highest BCUT2D eigenvalue weighted by atomic mass is 15.2. The third-order valence-corrected chi connectivity index (χ3v) is 15.5. The van der Waals surface area contributed by atoms with Crippen molar-refractivity contribution in [2.45, 2.75) is 90.9 Å². The fourth-order valence-electron chi connectivity index (χ4n) is 11.1. The molecule has 0 aliphatic heterocycles. The number of benzene rings is 7. The summed E-state index contributed by atoms with van der Waals surface area (Å²) in [5.74, 6) is 1.79. The number of aromatic nitrogens is 2. The molecule has 0 saturated carbocycles. The second-order valence-electron chi connectivity index (χ2n) is 23.3. The van der Waals surface area contributed by atoms with Gasteiger partial charge in [-0.2, -0.15) is 0 Å². The average molecular weight is 963 g/mol. The van der Waals surface area contributed by atoms with E-state index in [1.54, 1.807) is 0 Å². The van der Waals surface area contributed by atoms with Gasteiger partial charge >= 0.3 is 0 Å². The van der Waals surface area contributed by atoms with Gasteiger partial charge < -0.3 is 0 Å².